The Balaban J connectivity index is 1.79. The fraction of sp³-hybridized carbons (Fsp3) is 0.150. The van der Waals surface area contributed by atoms with E-state index in [0.717, 1.165) is 11.1 Å². The summed E-state index contributed by atoms with van der Waals surface area (Å²) < 4.78 is 14.4. The molecule has 0 bridgehead atoms. The topological polar surface area (TPSA) is 66.9 Å². The van der Waals surface area contributed by atoms with Crippen LogP contribution in [-0.4, -0.2) is 15.9 Å². The predicted octanol–water partition coefficient (Wildman–Crippen LogP) is 3.42. The highest BCUT2D eigenvalue weighted by molar-refractivity contribution is 6.31. The molecular formula is C20H18ClFN4O. The van der Waals surface area contributed by atoms with Crippen molar-refractivity contribution in [1.82, 2.24) is 20.6 Å². The zero-order valence-electron chi connectivity index (χ0n) is 14.4. The van der Waals surface area contributed by atoms with E-state index in [4.69, 9.17) is 11.6 Å². The molecule has 0 saturated heterocycles. The Morgan fingerprint density at radius 1 is 1.00 bits per heavy atom. The lowest BCUT2D eigenvalue weighted by molar-refractivity contribution is -0.123. The van der Waals surface area contributed by atoms with Gasteiger partial charge in [-0.1, -0.05) is 29.8 Å². The first-order chi connectivity index (χ1) is 13.1. The SMILES string of the molecule is O=C(NCc1cccnc1)C(NCc1cccnc1)c1c(F)cccc1Cl. The first-order valence-electron chi connectivity index (χ1n) is 8.38. The second-order valence-corrected chi connectivity index (χ2v) is 6.30. The second-order valence-electron chi connectivity index (χ2n) is 5.89. The number of aromatic nitrogens is 2. The summed E-state index contributed by atoms with van der Waals surface area (Å²) in [5.74, 6) is -0.919. The summed E-state index contributed by atoms with van der Waals surface area (Å²) in [7, 11) is 0. The molecule has 0 spiro atoms. The van der Waals surface area contributed by atoms with Crippen LogP contribution in [0.5, 0.6) is 0 Å². The van der Waals surface area contributed by atoms with Gasteiger partial charge in [0, 0.05) is 48.5 Å². The van der Waals surface area contributed by atoms with Crippen LogP contribution in [-0.2, 0) is 17.9 Å². The molecule has 0 aliphatic carbocycles. The third-order valence-corrected chi connectivity index (χ3v) is 4.30. The lowest BCUT2D eigenvalue weighted by atomic mass is 10.0. The summed E-state index contributed by atoms with van der Waals surface area (Å²) in [5, 5.41) is 6.07. The number of hydrogen-bond donors (Lipinski definition) is 2. The van der Waals surface area contributed by atoms with E-state index in [1.165, 1.54) is 12.1 Å². The molecule has 1 unspecified atom stereocenters. The van der Waals surface area contributed by atoms with Crippen molar-refractivity contribution in [2.75, 3.05) is 0 Å². The van der Waals surface area contributed by atoms with E-state index in [0.29, 0.717) is 6.54 Å². The minimum absolute atomic E-state index is 0.117. The lowest BCUT2D eigenvalue weighted by Crippen LogP contribution is -2.37. The average molecular weight is 385 g/mol. The van der Waals surface area contributed by atoms with Gasteiger partial charge in [-0.25, -0.2) is 4.39 Å². The van der Waals surface area contributed by atoms with Gasteiger partial charge < -0.3 is 5.32 Å². The van der Waals surface area contributed by atoms with E-state index >= 15 is 0 Å². The molecule has 2 N–H and O–H groups in total. The normalized spacial score (nSPS) is 11.8. The molecule has 7 heteroatoms. The monoisotopic (exact) mass is 384 g/mol. The van der Waals surface area contributed by atoms with Crippen LogP contribution in [0.2, 0.25) is 5.02 Å². The first-order valence-corrected chi connectivity index (χ1v) is 8.76. The van der Waals surface area contributed by atoms with E-state index in [-0.39, 0.29) is 23.0 Å². The largest absolute Gasteiger partial charge is 0.350 e. The zero-order valence-corrected chi connectivity index (χ0v) is 15.2. The van der Waals surface area contributed by atoms with E-state index in [1.54, 1.807) is 43.0 Å². The Morgan fingerprint density at radius 2 is 1.67 bits per heavy atom. The number of rotatable bonds is 7. The molecule has 2 aromatic heterocycles. The number of carbonyl (C=O) groups is 1. The fourth-order valence-corrected chi connectivity index (χ4v) is 2.90. The van der Waals surface area contributed by atoms with E-state index in [2.05, 4.69) is 20.6 Å². The number of benzene rings is 1. The van der Waals surface area contributed by atoms with Crippen LogP contribution in [0.15, 0.2) is 67.3 Å². The fourth-order valence-electron chi connectivity index (χ4n) is 2.63. The molecular weight excluding hydrogens is 367 g/mol. The number of pyridine rings is 2. The zero-order chi connectivity index (χ0) is 19.1. The second kappa shape index (κ2) is 9.21. The van der Waals surface area contributed by atoms with Gasteiger partial charge in [0.25, 0.3) is 0 Å². The standard InChI is InChI=1S/C20H18ClFN4O/c21-16-6-1-7-17(22)18(16)19(25-12-14-4-2-8-23-10-14)20(27)26-13-15-5-3-9-24-11-15/h1-11,19,25H,12-13H2,(H,26,27). The molecule has 0 saturated carbocycles. The Kier molecular flexibility index (Phi) is 6.46. The Morgan fingerprint density at radius 3 is 2.26 bits per heavy atom. The summed E-state index contributed by atoms with van der Waals surface area (Å²) in [6.07, 6.45) is 6.66. The van der Waals surface area contributed by atoms with Gasteiger partial charge in [-0.05, 0) is 35.4 Å². The summed E-state index contributed by atoms with van der Waals surface area (Å²) in [6.45, 7) is 0.618. The molecule has 27 heavy (non-hydrogen) atoms. The maximum atomic E-state index is 14.4. The summed E-state index contributed by atoms with van der Waals surface area (Å²) in [6, 6.07) is 10.7. The van der Waals surface area contributed by atoms with Gasteiger partial charge in [0.1, 0.15) is 11.9 Å². The van der Waals surface area contributed by atoms with E-state index < -0.39 is 11.9 Å². The quantitative estimate of drug-likeness (QED) is 0.655. The molecule has 138 valence electrons. The molecule has 2 heterocycles. The number of carbonyl (C=O) groups excluding carboxylic acids is 1. The molecule has 0 fully saturated rings. The van der Waals surface area contributed by atoms with Gasteiger partial charge in [-0.15, -0.1) is 0 Å². The Labute approximate surface area is 161 Å². The van der Waals surface area contributed by atoms with Crippen LogP contribution in [0, 0.1) is 5.82 Å². The number of amides is 1. The van der Waals surface area contributed by atoms with E-state index in [9.17, 15) is 9.18 Å². The lowest BCUT2D eigenvalue weighted by Gasteiger charge is -2.20. The van der Waals surface area contributed by atoms with Crippen LogP contribution in [0.25, 0.3) is 0 Å². The number of nitrogens with zero attached hydrogens (tertiary/aromatic N) is 2. The molecule has 5 nitrogen and oxygen atoms in total. The van der Waals surface area contributed by atoms with Crippen molar-refractivity contribution in [2.24, 2.45) is 0 Å². The van der Waals surface area contributed by atoms with Crippen LogP contribution >= 0.6 is 11.6 Å². The third kappa shape index (κ3) is 5.09. The Bertz CT molecular complexity index is 873. The molecule has 0 radical (unpaired) electrons. The van der Waals surface area contributed by atoms with Crippen molar-refractivity contribution >= 4 is 17.5 Å². The molecule has 3 aromatic rings. The predicted molar refractivity (Wildman–Crippen MR) is 101 cm³/mol. The molecule has 0 aliphatic heterocycles. The smallest absolute Gasteiger partial charge is 0.242 e. The highest BCUT2D eigenvalue weighted by atomic mass is 35.5. The Hall–Kier alpha value is -2.83. The van der Waals surface area contributed by atoms with Crippen LogP contribution in [0.4, 0.5) is 4.39 Å². The summed E-state index contributed by atoms with van der Waals surface area (Å²) >= 11 is 6.18. The van der Waals surface area contributed by atoms with Crippen LogP contribution in [0.3, 0.4) is 0 Å². The van der Waals surface area contributed by atoms with Gasteiger partial charge in [-0.2, -0.15) is 0 Å². The minimum atomic E-state index is -0.949. The third-order valence-electron chi connectivity index (χ3n) is 3.97. The van der Waals surface area contributed by atoms with Gasteiger partial charge >= 0.3 is 0 Å². The molecule has 1 aromatic carbocycles. The van der Waals surface area contributed by atoms with E-state index in [1.807, 2.05) is 12.1 Å². The average Bonchev–Trinajstić information content (AvgIpc) is 2.70. The van der Waals surface area contributed by atoms with Gasteiger partial charge in [0.15, 0.2) is 0 Å². The van der Waals surface area contributed by atoms with Gasteiger partial charge in [-0.3, -0.25) is 20.1 Å². The van der Waals surface area contributed by atoms with Gasteiger partial charge in [0.05, 0.1) is 0 Å². The number of hydrogen-bond acceptors (Lipinski definition) is 4. The molecule has 0 aliphatic rings. The van der Waals surface area contributed by atoms with Gasteiger partial charge in [0.2, 0.25) is 5.91 Å². The van der Waals surface area contributed by atoms with Crippen LogP contribution < -0.4 is 10.6 Å². The van der Waals surface area contributed by atoms with Crippen molar-refractivity contribution in [2.45, 2.75) is 19.1 Å². The summed E-state index contributed by atoms with van der Waals surface area (Å²) in [5.41, 5.74) is 1.83. The number of nitrogens with one attached hydrogen (secondary N) is 2. The summed E-state index contributed by atoms with van der Waals surface area (Å²) in [4.78, 5) is 20.9. The number of halogens is 2. The molecule has 3 rings (SSSR count). The molecule has 1 amide bonds. The highest BCUT2D eigenvalue weighted by Gasteiger charge is 2.25. The first kappa shape index (κ1) is 18.9. The van der Waals surface area contributed by atoms with Crippen LogP contribution in [0.1, 0.15) is 22.7 Å². The maximum Gasteiger partial charge on any atom is 0.242 e. The minimum Gasteiger partial charge on any atom is -0.350 e. The van der Waals surface area contributed by atoms with Crippen molar-refractivity contribution in [1.29, 1.82) is 0 Å². The van der Waals surface area contributed by atoms with Crippen molar-refractivity contribution in [3.8, 4) is 0 Å². The van der Waals surface area contributed by atoms with Crippen molar-refractivity contribution in [3.05, 3.63) is 94.8 Å². The molecule has 1 atom stereocenters. The highest BCUT2D eigenvalue weighted by Crippen LogP contribution is 2.26. The van der Waals surface area contributed by atoms with Crippen molar-refractivity contribution in [3.63, 3.8) is 0 Å². The maximum absolute atomic E-state index is 14.4. The van der Waals surface area contributed by atoms with Crippen molar-refractivity contribution < 1.29 is 9.18 Å².